The van der Waals surface area contributed by atoms with Crippen LogP contribution in [0.4, 0.5) is 5.69 Å². The number of nitrogens with zero attached hydrogens (tertiary/aromatic N) is 3. The number of hydrogen-bond acceptors (Lipinski definition) is 4. The van der Waals surface area contributed by atoms with Crippen molar-refractivity contribution in [3.8, 4) is 6.07 Å². The quantitative estimate of drug-likeness (QED) is 0.834. The summed E-state index contributed by atoms with van der Waals surface area (Å²) in [6, 6.07) is 6.11. The molecule has 0 bridgehead atoms. The zero-order valence-electron chi connectivity index (χ0n) is 11.5. The first-order valence-corrected chi connectivity index (χ1v) is 6.94. The van der Waals surface area contributed by atoms with E-state index < -0.39 is 0 Å². The summed E-state index contributed by atoms with van der Waals surface area (Å²) in [6.07, 6.45) is 6.47. The Balaban J connectivity index is 2.11. The summed E-state index contributed by atoms with van der Waals surface area (Å²) in [7, 11) is 1.75. The van der Waals surface area contributed by atoms with E-state index in [-0.39, 0.29) is 0 Å². The second-order valence-corrected chi connectivity index (χ2v) is 5.07. The van der Waals surface area contributed by atoms with E-state index in [1.54, 1.807) is 13.3 Å². The Bertz CT molecular complexity index is 441. The van der Waals surface area contributed by atoms with Gasteiger partial charge in [-0.15, -0.1) is 0 Å². The highest BCUT2D eigenvalue weighted by atomic mass is 16.5. The third-order valence-corrected chi connectivity index (χ3v) is 3.73. The zero-order chi connectivity index (χ0) is 13.5. The Kier molecular flexibility index (Phi) is 5.17. The molecule has 4 nitrogen and oxygen atoms in total. The first kappa shape index (κ1) is 13.8. The van der Waals surface area contributed by atoms with Crippen LogP contribution in [0.2, 0.25) is 0 Å². The Morgan fingerprint density at radius 1 is 1.53 bits per heavy atom. The van der Waals surface area contributed by atoms with Crippen molar-refractivity contribution in [2.24, 2.45) is 5.92 Å². The van der Waals surface area contributed by atoms with Gasteiger partial charge in [-0.05, 0) is 37.3 Å². The molecule has 0 radical (unpaired) electrons. The van der Waals surface area contributed by atoms with Crippen LogP contribution in [0.15, 0.2) is 18.3 Å². The minimum atomic E-state index is 0.537. The molecule has 0 saturated carbocycles. The van der Waals surface area contributed by atoms with Gasteiger partial charge in [-0.3, -0.25) is 0 Å². The van der Waals surface area contributed by atoms with E-state index in [2.05, 4.69) is 16.0 Å². The second kappa shape index (κ2) is 7.10. The number of aromatic nitrogens is 1. The fourth-order valence-corrected chi connectivity index (χ4v) is 2.71. The molecular weight excluding hydrogens is 238 g/mol. The normalized spacial score (nSPS) is 19.8. The number of pyridine rings is 1. The van der Waals surface area contributed by atoms with Gasteiger partial charge in [0.2, 0.25) is 0 Å². The predicted molar refractivity (Wildman–Crippen MR) is 75.0 cm³/mol. The number of rotatable bonds is 4. The van der Waals surface area contributed by atoms with Gasteiger partial charge >= 0.3 is 0 Å². The van der Waals surface area contributed by atoms with Crippen molar-refractivity contribution in [1.29, 1.82) is 5.26 Å². The van der Waals surface area contributed by atoms with Crippen molar-refractivity contribution in [2.75, 3.05) is 31.7 Å². The molecule has 0 N–H and O–H groups in total. The molecule has 1 aromatic rings. The van der Waals surface area contributed by atoms with Crippen LogP contribution in [0.25, 0.3) is 0 Å². The predicted octanol–water partition coefficient (Wildman–Crippen LogP) is 2.60. The summed E-state index contributed by atoms with van der Waals surface area (Å²) < 4.78 is 5.19. The molecule has 0 aliphatic carbocycles. The summed E-state index contributed by atoms with van der Waals surface area (Å²) in [5.41, 5.74) is 1.52. The molecule has 19 heavy (non-hydrogen) atoms. The molecule has 2 heterocycles. The van der Waals surface area contributed by atoms with Gasteiger partial charge in [0, 0.05) is 33.0 Å². The van der Waals surface area contributed by atoms with Gasteiger partial charge in [0.1, 0.15) is 6.07 Å². The molecule has 0 amide bonds. The van der Waals surface area contributed by atoms with E-state index in [1.165, 1.54) is 19.3 Å². The number of nitriles is 1. The first-order valence-electron chi connectivity index (χ1n) is 6.94. The van der Waals surface area contributed by atoms with Crippen molar-refractivity contribution in [1.82, 2.24) is 4.98 Å². The average molecular weight is 259 g/mol. The maximum Gasteiger partial charge on any atom is 0.163 e. The van der Waals surface area contributed by atoms with E-state index in [9.17, 15) is 0 Å². The van der Waals surface area contributed by atoms with Crippen LogP contribution >= 0.6 is 0 Å². The van der Waals surface area contributed by atoms with Crippen LogP contribution in [0.1, 0.15) is 31.4 Å². The standard InChI is InChI=1S/C15H21N3O/c1-19-10-7-13-5-2-3-9-18(12-13)15-6-4-8-17-14(15)11-16/h4,6,8,13H,2-3,5,7,9-10,12H2,1H3. The number of anilines is 1. The summed E-state index contributed by atoms with van der Waals surface area (Å²) in [5.74, 6) is 0.647. The summed E-state index contributed by atoms with van der Waals surface area (Å²) in [4.78, 5) is 6.48. The van der Waals surface area contributed by atoms with E-state index in [0.29, 0.717) is 11.6 Å². The Morgan fingerprint density at radius 2 is 2.42 bits per heavy atom. The Labute approximate surface area is 115 Å². The fourth-order valence-electron chi connectivity index (χ4n) is 2.71. The lowest BCUT2D eigenvalue weighted by Crippen LogP contribution is -2.29. The number of methoxy groups -OCH3 is 1. The second-order valence-electron chi connectivity index (χ2n) is 5.07. The molecule has 102 valence electrons. The van der Waals surface area contributed by atoms with Gasteiger partial charge in [0.15, 0.2) is 5.69 Å². The molecule has 1 aliphatic rings. The highest BCUT2D eigenvalue weighted by molar-refractivity contribution is 5.55. The largest absolute Gasteiger partial charge is 0.385 e. The molecule has 1 saturated heterocycles. The van der Waals surface area contributed by atoms with E-state index >= 15 is 0 Å². The number of hydrogen-bond donors (Lipinski definition) is 0. The van der Waals surface area contributed by atoms with Crippen molar-refractivity contribution in [2.45, 2.75) is 25.7 Å². The van der Waals surface area contributed by atoms with E-state index in [0.717, 1.165) is 31.8 Å². The maximum absolute atomic E-state index is 9.17. The van der Waals surface area contributed by atoms with Gasteiger partial charge in [-0.1, -0.05) is 6.42 Å². The zero-order valence-corrected chi connectivity index (χ0v) is 11.5. The molecule has 1 aliphatic heterocycles. The van der Waals surface area contributed by atoms with Crippen LogP contribution in [0.3, 0.4) is 0 Å². The van der Waals surface area contributed by atoms with E-state index in [4.69, 9.17) is 10.00 Å². The molecule has 1 atom stereocenters. The lowest BCUT2D eigenvalue weighted by atomic mass is 10.00. The molecule has 1 unspecified atom stereocenters. The topological polar surface area (TPSA) is 49.1 Å². The molecule has 1 fully saturated rings. The van der Waals surface area contributed by atoms with Crippen molar-refractivity contribution >= 4 is 5.69 Å². The average Bonchev–Trinajstić information content (AvgIpc) is 2.70. The summed E-state index contributed by atoms with van der Waals surface area (Å²) in [6.45, 7) is 2.84. The van der Waals surface area contributed by atoms with Crippen molar-refractivity contribution in [3.05, 3.63) is 24.0 Å². The molecule has 4 heteroatoms. The van der Waals surface area contributed by atoms with Crippen molar-refractivity contribution < 1.29 is 4.74 Å². The van der Waals surface area contributed by atoms with E-state index in [1.807, 2.05) is 12.1 Å². The summed E-state index contributed by atoms with van der Waals surface area (Å²) in [5, 5.41) is 9.17. The minimum Gasteiger partial charge on any atom is -0.385 e. The third-order valence-electron chi connectivity index (χ3n) is 3.73. The van der Waals surface area contributed by atoms with Crippen LogP contribution < -0.4 is 4.90 Å². The van der Waals surface area contributed by atoms with Gasteiger partial charge in [-0.25, -0.2) is 4.98 Å². The smallest absolute Gasteiger partial charge is 0.163 e. The molecule has 1 aromatic heterocycles. The molecular formula is C15H21N3O. The van der Waals surface area contributed by atoms with Gasteiger partial charge in [0.25, 0.3) is 0 Å². The highest BCUT2D eigenvalue weighted by Crippen LogP contribution is 2.25. The summed E-state index contributed by atoms with van der Waals surface area (Å²) >= 11 is 0. The van der Waals surface area contributed by atoms with Crippen LogP contribution in [0.5, 0.6) is 0 Å². The maximum atomic E-state index is 9.17. The minimum absolute atomic E-state index is 0.537. The SMILES string of the molecule is COCCC1CCCCN(c2cccnc2C#N)C1. The van der Waals surface area contributed by atoms with Gasteiger partial charge in [0.05, 0.1) is 5.69 Å². The van der Waals surface area contributed by atoms with Crippen LogP contribution in [-0.4, -0.2) is 31.8 Å². The van der Waals surface area contributed by atoms with Crippen LogP contribution in [-0.2, 0) is 4.74 Å². The van der Waals surface area contributed by atoms with Gasteiger partial charge < -0.3 is 9.64 Å². The molecule has 2 rings (SSSR count). The monoisotopic (exact) mass is 259 g/mol. The number of ether oxygens (including phenoxy) is 1. The molecule has 0 spiro atoms. The van der Waals surface area contributed by atoms with Crippen molar-refractivity contribution in [3.63, 3.8) is 0 Å². The first-order chi connectivity index (χ1) is 9.35. The Hall–Kier alpha value is -1.60. The highest BCUT2D eigenvalue weighted by Gasteiger charge is 2.20. The Morgan fingerprint density at radius 3 is 3.21 bits per heavy atom. The third kappa shape index (κ3) is 3.68. The van der Waals surface area contributed by atoms with Crippen LogP contribution in [0, 0.1) is 17.2 Å². The lowest BCUT2D eigenvalue weighted by molar-refractivity contribution is 0.176. The van der Waals surface area contributed by atoms with Gasteiger partial charge in [-0.2, -0.15) is 5.26 Å². The molecule has 0 aromatic carbocycles. The fraction of sp³-hybridized carbons (Fsp3) is 0.600. The lowest BCUT2D eigenvalue weighted by Gasteiger charge is -2.26.